The number of amides is 1. The molecule has 0 saturated heterocycles. The molecule has 8 nitrogen and oxygen atoms in total. The van der Waals surface area contributed by atoms with Gasteiger partial charge in [0.05, 0.1) is 17.3 Å². The third kappa shape index (κ3) is 3.48. The maximum atomic E-state index is 12.6. The Morgan fingerprint density at radius 3 is 2.75 bits per heavy atom. The van der Waals surface area contributed by atoms with E-state index in [2.05, 4.69) is 15.8 Å². The summed E-state index contributed by atoms with van der Waals surface area (Å²) in [6.45, 7) is 3.29. The number of anilines is 1. The van der Waals surface area contributed by atoms with Crippen LogP contribution in [0, 0.1) is 0 Å². The number of ether oxygens (including phenoxy) is 2. The van der Waals surface area contributed by atoms with Gasteiger partial charge in [0, 0.05) is 6.54 Å². The molecule has 2 heterocycles. The van der Waals surface area contributed by atoms with E-state index < -0.39 is 0 Å². The topological polar surface area (TPSA) is 94.5 Å². The van der Waals surface area contributed by atoms with Crippen LogP contribution in [-0.4, -0.2) is 28.7 Å². The number of benzene rings is 2. The summed E-state index contributed by atoms with van der Waals surface area (Å²) in [5.74, 6) is 1.35. The number of hydrogen-bond donors (Lipinski definition) is 2. The lowest BCUT2D eigenvalue weighted by atomic mass is 10.1. The smallest absolute Gasteiger partial charge is 0.262 e. The molecule has 28 heavy (non-hydrogen) atoms. The van der Waals surface area contributed by atoms with Gasteiger partial charge in [-0.3, -0.25) is 25.0 Å². The highest BCUT2D eigenvalue weighted by atomic mass is 16.6. The quantitative estimate of drug-likeness (QED) is 0.657. The predicted molar refractivity (Wildman–Crippen MR) is 105 cm³/mol. The number of rotatable bonds is 5. The fourth-order valence-electron chi connectivity index (χ4n) is 3.11. The van der Waals surface area contributed by atoms with Crippen molar-refractivity contribution in [1.29, 1.82) is 0 Å². The SMILES string of the molecule is CCn1c(NNC(=O)Cc2ccc3c(c2)OCCO3)nc2ccccc2c1=O. The largest absolute Gasteiger partial charge is 0.486 e. The number of para-hydroxylation sites is 1. The van der Waals surface area contributed by atoms with E-state index in [1.165, 1.54) is 4.57 Å². The fraction of sp³-hybridized carbons (Fsp3) is 0.250. The van der Waals surface area contributed by atoms with Crippen LogP contribution in [0.1, 0.15) is 12.5 Å². The average molecular weight is 380 g/mol. The average Bonchev–Trinajstić information content (AvgIpc) is 2.72. The second-order valence-corrected chi connectivity index (χ2v) is 6.33. The Hall–Kier alpha value is -3.55. The van der Waals surface area contributed by atoms with Gasteiger partial charge in [0.2, 0.25) is 11.9 Å². The molecule has 0 radical (unpaired) electrons. The van der Waals surface area contributed by atoms with Gasteiger partial charge in [0.25, 0.3) is 5.56 Å². The van der Waals surface area contributed by atoms with Crippen molar-refractivity contribution in [3.05, 3.63) is 58.4 Å². The van der Waals surface area contributed by atoms with E-state index in [-0.39, 0.29) is 17.9 Å². The van der Waals surface area contributed by atoms with Gasteiger partial charge >= 0.3 is 0 Å². The standard InChI is InChI=1S/C20H20N4O4/c1-2-24-19(26)14-5-3-4-6-15(14)21-20(24)23-22-18(25)12-13-7-8-16-17(11-13)28-10-9-27-16/h3-8,11H,2,9-10,12H2,1H3,(H,21,23)(H,22,25). The number of aromatic nitrogens is 2. The second kappa shape index (κ2) is 7.59. The van der Waals surface area contributed by atoms with Crippen molar-refractivity contribution in [2.24, 2.45) is 0 Å². The molecule has 144 valence electrons. The van der Waals surface area contributed by atoms with Gasteiger partial charge in [0.1, 0.15) is 13.2 Å². The van der Waals surface area contributed by atoms with Crippen molar-refractivity contribution in [2.75, 3.05) is 18.6 Å². The van der Waals surface area contributed by atoms with E-state index in [9.17, 15) is 9.59 Å². The molecule has 8 heteroatoms. The molecule has 1 aliphatic rings. The lowest BCUT2D eigenvalue weighted by Gasteiger charge is -2.19. The van der Waals surface area contributed by atoms with Crippen LogP contribution in [0.15, 0.2) is 47.3 Å². The zero-order valence-electron chi connectivity index (χ0n) is 15.4. The van der Waals surface area contributed by atoms with Crippen molar-refractivity contribution >= 4 is 22.8 Å². The number of nitrogens with one attached hydrogen (secondary N) is 2. The normalized spacial score (nSPS) is 12.6. The molecule has 1 aliphatic heterocycles. The highest BCUT2D eigenvalue weighted by molar-refractivity contribution is 5.81. The Balaban J connectivity index is 1.48. The van der Waals surface area contributed by atoms with Crippen LogP contribution in [0.4, 0.5) is 5.95 Å². The minimum atomic E-state index is -0.262. The van der Waals surface area contributed by atoms with Crippen LogP contribution in [0.5, 0.6) is 11.5 Å². The molecule has 2 N–H and O–H groups in total. The number of fused-ring (bicyclic) bond motifs is 2. The summed E-state index contributed by atoms with van der Waals surface area (Å²) in [7, 11) is 0. The predicted octanol–water partition coefficient (Wildman–Crippen LogP) is 1.87. The number of nitrogens with zero attached hydrogens (tertiary/aromatic N) is 2. The van der Waals surface area contributed by atoms with Crippen LogP contribution in [0.2, 0.25) is 0 Å². The van der Waals surface area contributed by atoms with Gasteiger partial charge < -0.3 is 9.47 Å². The number of carbonyl (C=O) groups excluding carboxylic acids is 1. The molecule has 0 unspecified atom stereocenters. The lowest BCUT2D eigenvalue weighted by Crippen LogP contribution is -2.35. The van der Waals surface area contributed by atoms with Gasteiger partial charge in [-0.05, 0) is 36.8 Å². The minimum Gasteiger partial charge on any atom is -0.486 e. The first-order chi connectivity index (χ1) is 13.7. The third-order valence-electron chi connectivity index (χ3n) is 4.46. The van der Waals surface area contributed by atoms with Crippen LogP contribution in [0.3, 0.4) is 0 Å². The molecular formula is C20H20N4O4. The Labute approximate surface area is 161 Å². The second-order valence-electron chi connectivity index (χ2n) is 6.33. The summed E-state index contributed by atoms with van der Waals surface area (Å²) in [6, 6.07) is 12.5. The minimum absolute atomic E-state index is 0.146. The molecule has 1 amide bonds. The maximum absolute atomic E-state index is 12.6. The van der Waals surface area contributed by atoms with Crippen LogP contribution in [0.25, 0.3) is 10.9 Å². The van der Waals surface area contributed by atoms with E-state index in [1.54, 1.807) is 30.3 Å². The zero-order valence-corrected chi connectivity index (χ0v) is 15.4. The molecule has 3 aromatic rings. The molecule has 0 fully saturated rings. The van der Waals surface area contributed by atoms with Crippen molar-refractivity contribution < 1.29 is 14.3 Å². The molecular weight excluding hydrogens is 360 g/mol. The van der Waals surface area contributed by atoms with Crippen molar-refractivity contribution in [3.8, 4) is 11.5 Å². The summed E-state index contributed by atoms with van der Waals surface area (Å²) in [5.41, 5.74) is 6.60. The summed E-state index contributed by atoms with van der Waals surface area (Å²) in [6.07, 6.45) is 0.146. The van der Waals surface area contributed by atoms with Gasteiger partial charge in [-0.15, -0.1) is 0 Å². The Morgan fingerprint density at radius 1 is 1.14 bits per heavy atom. The van der Waals surface area contributed by atoms with Gasteiger partial charge in [-0.1, -0.05) is 18.2 Å². The van der Waals surface area contributed by atoms with Crippen molar-refractivity contribution in [1.82, 2.24) is 15.0 Å². The summed E-state index contributed by atoms with van der Waals surface area (Å²) >= 11 is 0. The number of carbonyl (C=O) groups is 1. The van der Waals surface area contributed by atoms with E-state index >= 15 is 0 Å². The van der Waals surface area contributed by atoms with Crippen molar-refractivity contribution in [3.63, 3.8) is 0 Å². The molecule has 0 spiro atoms. The van der Waals surface area contributed by atoms with Gasteiger partial charge in [-0.2, -0.15) is 0 Å². The Morgan fingerprint density at radius 2 is 1.93 bits per heavy atom. The number of hydrazine groups is 1. The van der Waals surface area contributed by atoms with E-state index in [4.69, 9.17) is 9.47 Å². The van der Waals surface area contributed by atoms with Crippen LogP contribution >= 0.6 is 0 Å². The molecule has 0 saturated carbocycles. The molecule has 1 aromatic heterocycles. The first-order valence-corrected chi connectivity index (χ1v) is 9.08. The monoisotopic (exact) mass is 380 g/mol. The van der Waals surface area contributed by atoms with Gasteiger partial charge in [-0.25, -0.2) is 4.98 Å². The Bertz CT molecular complexity index is 1090. The first-order valence-electron chi connectivity index (χ1n) is 9.08. The maximum Gasteiger partial charge on any atom is 0.262 e. The molecule has 4 rings (SSSR count). The molecule has 0 aliphatic carbocycles. The third-order valence-corrected chi connectivity index (χ3v) is 4.46. The molecule has 0 bridgehead atoms. The van der Waals surface area contributed by atoms with E-state index in [0.29, 0.717) is 48.1 Å². The van der Waals surface area contributed by atoms with Gasteiger partial charge in [0.15, 0.2) is 11.5 Å². The zero-order chi connectivity index (χ0) is 19.5. The molecule has 0 atom stereocenters. The highest BCUT2D eigenvalue weighted by Crippen LogP contribution is 2.30. The van der Waals surface area contributed by atoms with E-state index in [1.807, 2.05) is 19.1 Å². The van der Waals surface area contributed by atoms with Crippen molar-refractivity contribution in [2.45, 2.75) is 19.9 Å². The summed E-state index contributed by atoms with van der Waals surface area (Å²) < 4.78 is 12.5. The Kier molecular flexibility index (Phi) is 4.84. The highest BCUT2D eigenvalue weighted by Gasteiger charge is 2.14. The lowest BCUT2D eigenvalue weighted by molar-refractivity contribution is -0.119. The summed E-state index contributed by atoms with van der Waals surface area (Å²) in [5, 5.41) is 0.539. The fourth-order valence-corrected chi connectivity index (χ4v) is 3.11. The summed E-state index contributed by atoms with van der Waals surface area (Å²) in [4.78, 5) is 29.4. The molecule has 2 aromatic carbocycles. The number of hydrogen-bond acceptors (Lipinski definition) is 6. The van der Waals surface area contributed by atoms with Crippen LogP contribution < -0.4 is 25.9 Å². The van der Waals surface area contributed by atoms with E-state index in [0.717, 1.165) is 5.56 Å². The first kappa shape index (κ1) is 17.8. The van der Waals surface area contributed by atoms with Crippen LogP contribution in [-0.2, 0) is 17.8 Å².